The van der Waals surface area contributed by atoms with Crippen molar-refractivity contribution in [2.24, 2.45) is 0 Å². The van der Waals surface area contributed by atoms with Gasteiger partial charge in [0.05, 0.1) is 18.2 Å². The van der Waals surface area contributed by atoms with Gasteiger partial charge in [0.15, 0.2) is 11.5 Å². The molecule has 2 aromatic heterocycles. The number of ketones is 1. The van der Waals surface area contributed by atoms with Crippen molar-refractivity contribution < 1.29 is 27.8 Å². The molecule has 1 saturated carbocycles. The average Bonchev–Trinajstić information content (AvgIpc) is 3.52. The molecule has 0 unspecified atom stereocenters. The second-order valence-corrected chi connectivity index (χ2v) is 8.07. The van der Waals surface area contributed by atoms with E-state index in [2.05, 4.69) is 14.5 Å². The zero-order valence-electron chi connectivity index (χ0n) is 17.5. The van der Waals surface area contributed by atoms with Gasteiger partial charge in [0.25, 0.3) is 0 Å². The van der Waals surface area contributed by atoms with Gasteiger partial charge in [0.1, 0.15) is 5.78 Å². The Labute approximate surface area is 183 Å². The van der Waals surface area contributed by atoms with Crippen LogP contribution >= 0.6 is 0 Å². The number of alkyl halides is 2. The topological polar surface area (TPSA) is 70.5 Å². The molecule has 164 valence electrons. The lowest BCUT2D eigenvalue weighted by Crippen LogP contribution is -2.26. The molecule has 1 aromatic carbocycles. The number of hydrogen-bond donors (Lipinski definition) is 0. The molecule has 3 aromatic rings. The summed E-state index contributed by atoms with van der Waals surface area (Å²) < 4.78 is 40.8. The average molecular weight is 438 g/mol. The van der Waals surface area contributed by atoms with Crippen LogP contribution < -0.4 is 14.2 Å². The number of carbonyl (C=O) groups excluding carboxylic acids is 1. The SMILES string of the molecule is COc1ccc(-c2nc(CC(=O)C3(c4ccc5c(c4)OC(F)(F)O5)CC3)ccc2C)cn1. The zero-order chi connectivity index (χ0) is 22.5. The minimum atomic E-state index is -3.68. The number of fused-ring (bicyclic) bond motifs is 1. The standard InChI is InChI=1S/C24H20F2N2O4/c1-14-3-6-17(28-22(14)15-4-8-21(30-2)27-13-15)12-20(29)23(9-10-23)16-5-7-18-19(11-16)32-24(25,26)31-18/h3-8,11,13H,9-10,12H2,1-2H3. The molecule has 5 rings (SSSR count). The molecule has 0 bridgehead atoms. The highest BCUT2D eigenvalue weighted by molar-refractivity contribution is 5.94. The summed E-state index contributed by atoms with van der Waals surface area (Å²) in [5, 5.41) is 0. The summed E-state index contributed by atoms with van der Waals surface area (Å²) >= 11 is 0. The van der Waals surface area contributed by atoms with Gasteiger partial charge >= 0.3 is 6.29 Å². The summed E-state index contributed by atoms with van der Waals surface area (Å²) in [7, 11) is 1.55. The summed E-state index contributed by atoms with van der Waals surface area (Å²) in [6.07, 6.45) is -0.543. The third-order valence-electron chi connectivity index (χ3n) is 5.95. The fourth-order valence-corrected chi connectivity index (χ4v) is 4.03. The predicted octanol–water partition coefficient (Wildman–Crippen LogP) is 4.63. The lowest BCUT2D eigenvalue weighted by molar-refractivity contribution is -0.286. The van der Waals surface area contributed by atoms with Gasteiger partial charge in [-0.05, 0) is 55.2 Å². The Morgan fingerprint density at radius 2 is 1.88 bits per heavy atom. The predicted molar refractivity (Wildman–Crippen MR) is 111 cm³/mol. The molecule has 0 saturated heterocycles. The fraction of sp³-hybridized carbons (Fsp3) is 0.292. The van der Waals surface area contributed by atoms with Crippen molar-refractivity contribution in [1.82, 2.24) is 9.97 Å². The number of nitrogens with zero attached hydrogens (tertiary/aromatic N) is 2. The van der Waals surface area contributed by atoms with Gasteiger partial charge in [0, 0.05) is 29.9 Å². The highest BCUT2D eigenvalue weighted by Gasteiger charge is 2.52. The van der Waals surface area contributed by atoms with Crippen molar-refractivity contribution in [1.29, 1.82) is 0 Å². The van der Waals surface area contributed by atoms with E-state index in [-0.39, 0.29) is 23.7 Å². The van der Waals surface area contributed by atoms with Gasteiger partial charge in [-0.15, -0.1) is 8.78 Å². The van der Waals surface area contributed by atoms with Crippen LogP contribution in [-0.4, -0.2) is 29.2 Å². The first kappa shape index (κ1) is 20.4. The molecule has 0 amide bonds. The number of halogens is 2. The molecule has 32 heavy (non-hydrogen) atoms. The van der Waals surface area contributed by atoms with E-state index in [0.717, 1.165) is 16.8 Å². The van der Waals surface area contributed by atoms with Gasteiger partial charge in [-0.1, -0.05) is 12.1 Å². The van der Waals surface area contributed by atoms with E-state index in [1.54, 1.807) is 25.4 Å². The first-order valence-electron chi connectivity index (χ1n) is 10.2. The van der Waals surface area contributed by atoms with Crippen LogP contribution in [0.2, 0.25) is 0 Å². The van der Waals surface area contributed by atoms with Crippen molar-refractivity contribution in [3.8, 4) is 28.6 Å². The molecule has 3 heterocycles. The highest BCUT2D eigenvalue weighted by Crippen LogP contribution is 2.52. The number of hydrogen-bond acceptors (Lipinski definition) is 6. The lowest BCUT2D eigenvalue weighted by atomic mass is 9.88. The maximum atomic E-state index is 13.3. The molecule has 6 nitrogen and oxygen atoms in total. The van der Waals surface area contributed by atoms with Crippen LogP contribution in [0.25, 0.3) is 11.3 Å². The number of Topliss-reactive ketones (excluding diaryl/α,β-unsaturated/α-hetero) is 1. The second kappa shape index (κ2) is 7.25. The molecule has 0 N–H and O–H groups in total. The number of aryl methyl sites for hydroxylation is 1. The minimum absolute atomic E-state index is 0.00159. The minimum Gasteiger partial charge on any atom is -0.481 e. The Hall–Kier alpha value is -3.55. The molecule has 0 spiro atoms. The summed E-state index contributed by atoms with van der Waals surface area (Å²) in [6, 6.07) is 12.0. The second-order valence-electron chi connectivity index (χ2n) is 8.07. The van der Waals surface area contributed by atoms with Crippen LogP contribution in [-0.2, 0) is 16.6 Å². The third-order valence-corrected chi connectivity index (χ3v) is 5.95. The van der Waals surface area contributed by atoms with E-state index in [4.69, 9.17) is 9.72 Å². The number of carbonyl (C=O) groups is 1. The number of aromatic nitrogens is 2. The van der Waals surface area contributed by atoms with E-state index >= 15 is 0 Å². The van der Waals surface area contributed by atoms with Crippen LogP contribution in [0.5, 0.6) is 17.4 Å². The number of methoxy groups -OCH3 is 1. The number of pyridine rings is 2. The van der Waals surface area contributed by atoms with Gasteiger partial charge in [-0.3, -0.25) is 9.78 Å². The van der Waals surface area contributed by atoms with Gasteiger partial charge in [0.2, 0.25) is 5.88 Å². The third kappa shape index (κ3) is 3.55. The Morgan fingerprint density at radius 3 is 2.56 bits per heavy atom. The smallest absolute Gasteiger partial charge is 0.481 e. The van der Waals surface area contributed by atoms with Crippen molar-refractivity contribution in [2.45, 2.75) is 37.9 Å². The van der Waals surface area contributed by atoms with Gasteiger partial charge in [-0.25, -0.2) is 4.98 Å². The maximum absolute atomic E-state index is 13.3. The fourth-order valence-electron chi connectivity index (χ4n) is 4.03. The van der Waals surface area contributed by atoms with E-state index < -0.39 is 11.7 Å². The van der Waals surface area contributed by atoms with Crippen molar-refractivity contribution in [3.05, 3.63) is 65.5 Å². The molecule has 8 heteroatoms. The zero-order valence-corrected chi connectivity index (χ0v) is 17.5. The first-order chi connectivity index (χ1) is 15.3. The largest absolute Gasteiger partial charge is 0.586 e. The monoisotopic (exact) mass is 438 g/mol. The van der Waals surface area contributed by atoms with Crippen LogP contribution in [0.15, 0.2) is 48.7 Å². The number of ether oxygens (including phenoxy) is 3. The Morgan fingerprint density at radius 1 is 1.09 bits per heavy atom. The van der Waals surface area contributed by atoms with Crippen molar-refractivity contribution in [3.63, 3.8) is 0 Å². The molecule has 0 radical (unpaired) electrons. The molecule has 2 aliphatic rings. The highest BCUT2D eigenvalue weighted by atomic mass is 19.3. The van der Waals surface area contributed by atoms with Crippen LogP contribution in [0.4, 0.5) is 8.78 Å². The maximum Gasteiger partial charge on any atom is 0.586 e. The van der Waals surface area contributed by atoms with Crippen molar-refractivity contribution in [2.75, 3.05) is 7.11 Å². The van der Waals surface area contributed by atoms with Gasteiger partial charge < -0.3 is 14.2 Å². The van der Waals surface area contributed by atoms with Crippen molar-refractivity contribution >= 4 is 5.78 Å². The summed E-state index contributed by atoms with van der Waals surface area (Å²) in [4.78, 5) is 22.2. The normalized spacial score (nSPS) is 17.1. The number of rotatable bonds is 6. The first-order valence-corrected chi connectivity index (χ1v) is 10.2. The molecule has 1 fully saturated rings. The summed E-state index contributed by atoms with van der Waals surface area (Å²) in [6.45, 7) is 1.95. The summed E-state index contributed by atoms with van der Waals surface area (Å²) in [5.74, 6) is 0.433. The molecule has 1 aliphatic heterocycles. The quantitative estimate of drug-likeness (QED) is 0.559. The van der Waals surface area contributed by atoms with Gasteiger partial charge in [-0.2, -0.15) is 0 Å². The molecular weight excluding hydrogens is 418 g/mol. The molecular formula is C24H20F2N2O4. The van der Waals surface area contributed by atoms with E-state index in [9.17, 15) is 13.6 Å². The number of benzene rings is 1. The van der Waals surface area contributed by atoms with E-state index in [0.29, 0.717) is 30.0 Å². The summed E-state index contributed by atoms with van der Waals surface area (Å²) in [5.41, 5.74) is 3.14. The van der Waals surface area contributed by atoms with E-state index in [1.807, 2.05) is 25.1 Å². The molecule has 1 aliphatic carbocycles. The van der Waals surface area contributed by atoms with Crippen LogP contribution in [0, 0.1) is 6.92 Å². The van der Waals surface area contributed by atoms with Crippen LogP contribution in [0.3, 0.4) is 0 Å². The van der Waals surface area contributed by atoms with E-state index in [1.165, 1.54) is 12.1 Å². The Balaban J connectivity index is 1.38. The molecule has 0 atom stereocenters. The Bertz CT molecular complexity index is 1210. The lowest BCUT2D eigenvalue weighted by Gasteiger charge is -2.15. The van der Waals surface area contributed by atoms with Crippen LogP contribution in [0.1, 0.15) is 29.7 Å². The Kier molecular flexibility index (Phi) is 4.62.